The van der Waals surface area contributed by atoms with Gasteiger partial charge in [-0.15, -0.1) is 0 Å². The third-order valence-corrected chi connectivity index (χ3v) is 27.7. The van der Waals surface area contributed by atoms with Crippen molar-refractivity contribution in [2.24, 2.45) is 35.5 Å². The van der Waals surface area contributed by atoms with Crippen LogP contribution in [-0.4, -0.2) is 126 Å². The van der Waals surface area contributed by atoms with Crippen molar-refractivity contribution in [3.8, 4) is 11.5 Å². The molecule has 4 aromatic rings. The average molecular weight is 1390 g/mol. The predicted molar refractivity (Wildman–Crippen MR) is 381 cm³/mol. The summed E-state index contributed by atoms with van der Waals surface area (Å²) in [6.07, 6.45) is 17.9. The van der Waals surface area contributed by atoms with Gasteiger partial charge in [-0.05, 0) is 223 Å². The van der Waals surface area contributed by atoms with Crippen LogP contribution in [0.1, 0.15) is 162 Å². The van der Waals surface area contributed by atoms with E-state index < -0.39 is 65.8 Å². The van der Waals surface area contributed by atoms with Crippen LogP contribution in [0.15, 0.2) is 121 Å². The minimum Gasteiger partial charge on any atom is -0.490 e. The van der Waals surface area contributed by atoms with E-state index in [0.29, 0.717) is 87.7 Å². The number of sulfonamides is 2. The van der Waals surface area contributed by atoms with E-state index in [4.69, 9.17) is 42.1 Å². The number of rotatable bonds is 8. The third-order valence-electron chi connectivity index (χ3n) is 23.4. The molecule has 2 spiro atoms. The number of nitrogens with zero attached hydrogens (tertiary/aromatic N) is 2. The van der Waals surface area contributed by atoms with E-state index in [-0.39, 0.29) is 57.5 Å². The van der Waals surface area contributed by atoms with Crippen molar-refractivity contribution in [2.75, 3.05) is 63.4 Å². The van der Waals surface area contributed by atoms with Crippen molar-refractivity contribution >= 4 is 66.4 Å². The number of halogens is 2. The van der Waals surface area contributed by atoms with Crippen LogP contribution in [-0.2, 0) is 53.2 Å². The summed E-state index contributed by atoms with van der Waals surface area (Å²) in [6.45, 7) is 22.4. The lowest BCUT2D eigenvalue weighted by atomic mass is 9.62. The Morgan fingerprint density at radius 1 is 0.615 bits per heavy atom. The first-order valence-electron chi connectivity index (χ1n) is 34.4. The first kappa shape index (κ1) is 71.6. The van der Waals surface area contributed by atoms with Crippen LogP contribution in [0.25, 0.3) is 0 Å². The standard InChI is InChI=1S/2C38H49ClN2O6S/c2*1-24(2)34(42)20-38(46-5)17-6-8-25(3)26(4)48(44,45)40-36(43)28-11-15-35-33(19-28)41(21-29-10-13-32(29)38)22-37(23-47-35)16-7-9-27-18-30(39)12-14-31(27)37/h2*6,11-12,14-15,17-19,25-26,29,32,34,42H,1,7-10,13,16,20-23H2,2-5H3,(H,40,43)/b2*17-6+/t25-,26+,29-,32+,34+,37-,38+;25-,26+,29-,32+,34-,37-,38+/m00/s1. The molecule has 4 aliphatic carbocycles. The normalized spacial score (nSPS) is 32.8. The second-order valence-electron chi connectivity index (χ2n) is 29.5. The predicted octanol–water partition coefficient (Wildman–Crippen LogP) is 13.2. The molecular weight excluding hydrogens is 1300 g/mol. The highest BCUT2D eigenvalue weighted by Crippen LogP contribution is 2.53. The van der Waals surface area contributed by atoms with E-state index >= 15 is 0 Å². The Bertz CT molecular complexity index is 3670. The van der Waals surface area contributed by atoms with Gasteiger partial charge in [-0.2, -0.15) is 0 Å². The molecule has 2 saturated carbocycles. The molecule has 2 fully saturated rings. The molecule has 12 rings (SSSR count). The van der Waals surface area contributed by atoms with Crippen molar-refractivity contribution in [1.29, 1.82) is 0 Å². The highest BCUT2D eigenvalue weighted by Gasteiger charge is 2.52. The number of anilines is 2. The molecule has 4 aromatic carbocycles. The number of allylic oxidation sites excluding steroid dienone is 2. The number of amides is 2. The van der Waals surface area contributed by atoms with Gasteiger partial charge in [-0.25, -0.2) is 26.3 Å². The van der Waals surface area contributed by atoms with Crippen LogP contribution >= 0.6 is 23.2 Å². The van der Waals surface area contributed by atoms with Gasteiger partial charge in [0.15, 0.2) is 0 Å². The summed E-state index contributed by atoms with van der Waals surface area (Å²) < 4.78 is 84.5. The van der Waals surface area contributed by atoms with Gasteiger partial charge in [-0.3, -0.25) is 9.59 Å². The molecule has 4 heterocycles. The van der Waals surface area contributed by atoms with Gasteiger partial charge >= 0.3 is 0 Å². The van der Waals surface area contributed by atoms with Crippen LogP contribution in [0, 0.1) is 35.5 Å². The average Bonchev–Trinajstić information content (AvgIpc) is 1.43. The maximum atomic E-state index is 13.5. The molecule has 8 aliphatic rings. The number of aliphatic hydroxyl groups excluding tert-OH is 2. The summed E-state index contributed by atoms with van der Waals surface area (Å²) >= 11 is 12.9. The Labute approximate surface area is 579 Å². The number of carbonyl (C=O) groups is 2. The van der Waals surface area contributed by atoms with Crippen LogP contribution < -0.4 is 28.7 Å². The molecule has 0 saturated heterocycles. The second-order valence-corrected chi connectivity index (χ2v) is 34.5. The number of aliphatic hydroxyl groups is 2. The van der Waals surface area contributed by atoms with E-state index in [1.54, 1.807) is 64.5 Å². The Morgan fingerprint density at radius 2 is 1.01 bits per heavy atom. The molecule has 96 heavy (non-hydrogen) atoms. The first-order chi connectivity index (χ1) is 45.5. The van der Waals surface area contributed by atoms with E-state index in [0.717, 1.165) is 85.6 Å². The summed E-state index contributed by atoms with van der Waals surface area (Å²) in [4.78, 5) is 31.8. The smallest absolute Gasteiger partial charge is 0.264 e. The Kier molecular flexibility index (Phi) is 21.3. The summed E-state index contributed by atoms with van der Waals surface area (Å²) in [7, 11) is -4.56. The third kappa shape index (κ3) is 14.4. The molecule has 0 radical (unpaired) electrons. The topological polar surface area (TPSA) is 210 Å². The van der Waals surface area contributed by atoms with Crippen molar-refractivity contribution in [2.45, 2.75) is 176 Å². The van der Waals surface area contributed by atoms with E-state index in [1.807, 2.05) is 52.0 Å². The Balaban J connectivity index is 0.000000195. The number of carbonyl (C=O) groups excluding carboxylic acids is 2. The van der Waals surface area contributed by atoms with E-state index in [1.165, 1.54) is 22.3 Å². The zero-order valence-electron chi connectivity index (χ0n) is 57.0. The number of methoxy groups -OCH3 is 2. The Morgan fingerprint density at radius 3 is 1.36 bits per heavy atom. The second kappa shape index (κ2) is 28.5. The monoisotopic (exact) mass is 1390 g/mol. The quantitative estimate of drug-likeness (QED) is 0.121. The van der Waals surface area contributed by atoms with Gasteiger partial charge < -0.3 is 39.0 Å². The highest BCUT2D eigenvalue weighted by molar-refractivity contribution is 7.91. The summed E-state index contributed by atoms with van der Waals surface area (Å²) in [5.74, 6) is 0.138. The lowest BCUT2D eigenvalue weighted by molar-refractivity contribution is -0.0944. The molecule has 4 N–H and O–H groups in total. The maximum Gasteiger partial charge on any atom is 0.264 e. The van der Waals surface area contributed by atoms with Gasteiger partial charge in [0.2, 0.25) is 20.0 Å². The van der Waals surface area contributed by atoms with E-state index in [2.05, 4.69) is 68.8 Å². The fourth-order valence-electron chi connectivity index (χ4n) is 16.7. The zero-order valence-corrected chi connectivity index (χ0v) is 60.2. The number of aryl methyl sites for hydroxylation is 2. The molecule has 14 atom stereocenters. The van der Waals surface area contributed by atoms with Crippen LogP contribution in [0.4, 0.5) is 11.4 Å². The lowest BCUT2D eigenvalue weighted by Crippen LogP contribution is -2.54. The Hall–Kier alpha value is -5.70. The minimum absolute atomic E-state index is 0.101. The molecule has 2 amide bonds. The first-order valence-corrected chi connectivity index (χ1v) is 38.3. The van der Waals surface area contributed by atoms with Crippen LogP contribution in [0.2, 0.25) is 10.0 Å². The fourth-order valence-corrected chi connectivity index (χ4v) is 19.7. The number of hydrogen-bond donors (Lipinski definition) is 4. The van der Waals surface area contributed by atoms with Crippen molar-refractivity contribution < 1.29 is 55.6 Å². The maximum absolute atomic E-state index is 13.5. The summed E-state index contributed by atoms with van der Waals surface area (Å²) in [5.41, 5.74) is 6.27. The molecule has 0 unspecified atom stereocenters. The van der Waals surface area contributed by atoms with Gasteiger partial charge in [0, 0.05) is 85.2 Å². The lowest BCUT2D eigenvalue weighted by Gasteiger charge is -2.51. The molecule has 20 heteroatoms. The van der Waals surface area contributed by atoms with Crippen LogP contribution in [0.3, 0.4) is 0 Å². The summed E-state index contributed by atoms with van der Waals surface area (Å²) in [5, 5.41) is 22.0. The molecule has 16 nitrogen and oxygen atoms in total. The molecule has 4 aliphatic heterocycles. The number of benzene rings is 4. The molecule has 0 aromatic heterocycles. The summed E-state index contributed by atoms with van der Waals surface area (Å²) in [6, 6.07) is 22.8. The fraction of sp³-hybridized carbons (Fsp3) is 0.553. The van der Waals surface area contributed by atoms with E-state index in [9.17, 15) is 36.6 Å². The van der Waals surface area contributed by atoms with Crippen molar-refractivity contribution in [1.82, 2.24) is 9.44 Å². The van der Waals surface area contributed by atoms with Crippen molar-refractivity contribution in [3.05, 3.63) is 165 Å². The van der Waals surface area contributed by atoms with Crippen molar-refractivity contribution in [3.63, 3.8) is 0 Å². The largest absolute Gasteiger partial charge is 0.490 e. The van der Waals surface area contributed by atoms with Gasteiger partial charge in [-0.1, -0.05) is 97.8 Å². The highest BCUT2D eigenvalue weighted by atomic mass is 35.5. The SMILES string of the molecule is C=C(C)[C@@H](O)C[C@]1(OC)/C=C/C[C@H](C)[C@@H](C)S(=O)(=O)NC(=O)c2ccc3c(c2)N(C[C@@H]2CC[C@H]21)C[C@@]1(CCCc2cc(Cl)ccc21)CO3.C=C(C)[C@H](O)C[C@]1(OC)/C=C/C[C@H](C)[C@@H](C)S(=O)(=O)NC(=O)c2ccc3c(c2)N(C[C@@H]2CC[C@H]21)C[C@@]1(CCCc2cc(Cl)ccc21)CO3. The number of hydrogen-bond acceptors (Lipinski definition) is 14. The number of nitrogens with one attached hydrogen (secondary N) is 2. The minimum atomic E-state index is -3.98. The van der Waals surface area contributed by atoms with Gasteiger partial charge in [0.25, 0.3) is 11.8 Å². The molecular formula is C76H98Cl2N4O12S2. The molecule has 4 bridgehead atoms. The number of ether oxygens (including phenoxy) is 4. The van der Waals surface area contributed by atoms with Gasteiger partial charge in [0.05, 0.1) is 58.5 Å². The number of fused-ring (bicyclic) bond motifs is 8. The van der Waals surface area contributed by atoms with Crippen LogP contribution in [0.5, 0.6) is 11.5 Å². The zero-order chi connectivity index (χ0) is 68.9. The molecule has 520 valence electrons. The van der Waals surface area contributed by atoms with Gasteiger partial charge in [0.1, 0.15) is 11.5 Å².